The number of H-pyrrole nitrogens is 1. The van der Waals surface area contributed by atoms with Crippen LogP contribution in [0.2, 0.25) is 0 Å². The Bertz CT molecular complexity index is 1370. The zero-order valence-corrected chi connectivity index (χ0v) is 17.9. The van der Waals surface area contributed by atoms with Gasteiger partial charge in [0, 0.05) is 29.7 Å². The summed E-state index contributed by atoms with van der Waals surface area (Å²) >= 11 is 0. The Labute approximate surface area is 189 Å². The third-order valence-corrected chi connectivity index (χ3v) is 5.19. The van der Waals surface area contributed by atoms with E-state index in [1.807, 2.05) is 72.8 Å². The van der Waals surface area contributed by atoms with Gasteiger partial charge in [-0.1, -0.05) is 29.4 Å². The van der Waals surface area contributed by atoms with Gasteiger partial charge in [0.2, 0.25) is 17.6 Å². The maximum atomic E-state index is 12.5. The van der Waals surface area contributed by atoms with Crippen LogP contribution in [-0.2, 0) is 11.2 Å². The van der Waals surface area contributed by atoms with E-state index < -0.39 is 0 Å². The van der Waals surface area contributed by atoms with Crippen LogP contribution < -0.4 is 10.1 Å². The minimum atomic E-state index is -0.138. The summed E-state index contributed by atoms with van der Waals surface area (Å²) in [5, 5.41) is 6.92. The number of anilines is 1. The summed E-state index contributed by atoms with van der Waals surface area (Å²) in [6.45, 7) is 0. The van der Waals surface area contributed by atoms with E-state index in [9.17, 15) is 4.79 Å². The number of aromatic nitrogens is 4. The second-order valence-corrected chi connectivity index (χ2v) is 7.47. The molecule has 2 N–H and O–H groups in total. The third-order valence-electron chi connectivity index (χ3n) is 5.19. The molecule has 0 saturated carbocycles. The standard InChI is InChI=1S/C25H21N5O3/c1-32-19-11-9-16(10-12-19)25-29-23(33-30-25)14-13-22(31)26-18-6-4-5-17(15-18)24-27-20-7-2-3-8-21(20)28-24/h2-12,15H,13-14H2,1H3,(H,26,31)(H,27,28). The lowest BCUT2D eigenvalue weighted by molar-refractivity contribution is -0.116. The Morgan fingerprint density at radius 3 is 2.67 bits per heavy atom. The van der Waals surface area contributed by atoms with Crippen LogP contribution in [0.15, 0.2) is 77.3 Å². The van der Waals surface area contributed by atoms with Gasteiger partial charge >= 0.3 is 0 Å². The fourth-order valence-electron chi connectivity index (χ4n) is 3.49. The number of carbonyl (C=O) groups is 1. The number of aryl methyl sites for hydroxylation is 1. The molecule has 0 radical (unpaired) electrons. The molecule has 2 aromatic heterocycles. The maximum Gasteiger partial charge on any atom is 0.227 e. The third kappa shape index (κ3) is 4.59. The number of aromatic amines is 1. The number of nitrogens with one attached hydrogen (secondary N) is 2. The molecule has 8 nitrogen and oxygen atoms in total. The predicted octanol–water partition coefficient (Wildman–Crippen LogP) is 4.86. The quantitative estimate of drug-likeness (QED) is 0.375. The van der Waals surface area contributed by atoms with Gasteiger partial charge in [0.15, 0.2) is 0 Å². The Balaban J connectivity index is 1.21. The number of fused-ring (bicyclic) bond motifs is 1. The lowest BCUT2D eigenvalue weighted by Gasteiger charge is -2.06. The molecule has 0 spiro atoms. The van der Waals surface area contributed by atoms with Crippen LogP contribution in [0.25, 0.3) is 33.8 Å². The summed E-state index contributed by atoms with van der Waals surface area (Å²) in [5.41, 5.74) is 4.27. The fourth-order valence-corrected chi connectivity index (χ4v) is 3.49. The molecule has 0 aliphatic carbocycles. The number of rotatable bonds is 7. The van der Waals surface area contributed by atoms with E-state index >= 15 is 0 Å². The van der Waals surface area contributed by atoms with Crippen molar-refractivity contribution in [1.29, 1.82) is 0 Å². The van der Waals surface area contributed by atoms with E-state index in [0.29, 0.717) is 23.8 Å². The highest BCUT2D eigenvalue weighted by molar-refractivity contribution is 5.91. The molecule has 8 heteroatoms. The first-order valence-corrected chi connectivity index (χ1v) is 10.5. The molecule has 0 aliphatic heterocycles. The lowest BCUT2D eigenvalue weighted by Crippen LogP contribution is -2.12. The summed E-state index contributed by atoms with van der Waals surface area (Å²) in [5.74, 6) is 2.26. The first kappa shape index (κ1) is 20.4. The summed E-state index contributed by atoms with van der Waals surface area (Å²) in [4.78, 5) is 24.8. The van der Waals surface area contributed by atoms with Gasteiger partial charge in [-0.05, 0) is 48.5 Å². The predicted molar refractivity (Wildman–Crippen MR) is 125 cm³/mol. The highest BCUT2D eigenvalue weighted by Gasteiger charge is 2.12. The maximum absolute atomic E-state index is 12.5. The first-order chi connectivity index (χ1) is 16.2. The molecule has 5 rings (SSSR count). The number of hydrogen-bond acceptors (Lipinski definition) is 6. The number of hydrogen-bond donors (Lipinski definition) is 2. The highest BCUT2D eigenvalue weighted by atomic mass is 16.5. The van der Waals surface area contributed by atoms with Crippen molar-refractivity contribution >= 4 is 22.6 Å². The smallest absolute Gasteiger partial charge is 0.227 e. The molecular weight excluding hydrogens is 418 g/mol. The number of amides is 1. The molecule has 0 saturated heterocycles. The van der Waals surface area contributed by atoms with Crippen molar-refractivity contribution in [2.24, 2.45) is 0 Å². The van der Waals surface area contributed by atoms with Crippen molar-refractivity contribution in [1.82, 2.24) is 20.1 Å². The lowest BCUT2D eigenvalue weighted by atomic mass is 10.2. The van der Waals surface area contributed by atoms with Gasteiger partial charge in [0.25, 0.3) is 0 Å². The summed E-state index contributed by atoms with van der Waals surface area (Å²) in [6.07, 6.45) is 0.567. The van der Waals surface area contributed by atoms with Gasteiger partial charge in [0.1, 0.15) is 11.6 Å². The number of ether oxygens (including phenoxy) is 1. The normalized spacial score (nSPS) is 10.9. The van der Waals surface area contributed by atoms with E-state index in [-0.39, 0.29) is 12.3 Å². The zero-order valence-electron chi connectivity index (χ0n) is 17.9. The molecule has 0 unspecified atom stereocenters. The molecule has 0 aliphatic rings. The van der Waals surface area contributed by atoms with Gasteiger partial charge in [-0.15, -0.1) is 0 Å². The first-order valence-electron chi connectivity index (χ1n) is 10.5. The van der Waals surface area contributed by atoms with Gasteiger partial charge in [-0.2, -0.15) is 4.98 Å². The van der Waals surface area contributed by atoms with Crippen LogP contribution in [0.5, 0.6) is 5.75 Å². The highest BCUT2D eigenvalue weighted by Crippen LogP contribution is 2.23. The zero-order chi connectivity index (χ0) is 22.6. The molecule has 33 heavy (non-hydrogen) atoms. The van der Waals surface area contributed by atoms with Crippen LogP contribution in [0, 0.1) is 0 Å². The van der Waals surface area contributed by atoms with Crippen molar-refractivity contribution < 1.29 is 14.1 Å². The molecule has 3 aromatic carbocycles. The minimum Gasteiger partial charge on any atom is -0.497 e. The summed E-state index contributed by atoms with van der Waals surface area (Å²) in [6, 6.07) is 22.8. The average Bonchev–Trinajstić information content (AvgIpc) is 3.50. The van der Waals surface area contributed by atoms with Gasteiger partial charge < -0.3 is 19.6 Å². The van der Waals surface area contributed by atoms with E-state index in [2.05, 4.69) is 25.4 Å². The van der Waals surface area contributed by atoms with Crippen LogP contribution >= 0.6 is 0 Å². The Morgan fingerprint density at radius 1 is 1.00 bits per heavy atom. The van der Waals surface area contributed by atoms with Crippen molar-refractivity contribution in [3.8, 4) is 28.5 Å². The van der Waals surface area contributed by atoms with Crippen LogP contribution in [0.4, 0.5) is 5.69 Å². The second kappa shape index (κ2) is 8.96. The van der Waals surface area contributed by atoms with Crippen molar-refractivity contribution in [2.75, 3.05) is 12.4 Å². The molecular formula is C25H21N5O3. The second-order valence-electron chi connectivity index (χ2n) is 7.47. The summed E-state index contributed by atoms with van der Waals surface area (Å²) in [7, 11) is 1.61. The number of benzene rings is 3. The van der Waals surface area contributed by atoms with Gasteiger partial charge in [-0.25, -0.2) is 4.98 Å². The molecule has 0 atom stereocenters. The number of para-hydroxylation sites is 2. The SMILES string of the molecule is COc1ccc(-c2noc(CCC(=O)Nc3cccc(-c4nc5ccccc5[nH]4)c3)n2)cc1. The van der Waals surface area contributed by atoms with Crippen LogP contribution in [0.1, 0.15) is 12.3 Å². The van der Waals surface area contributed by atoms with Gasteiger partial charge in [-0.3, -0.25) is 4.79 Å². The van der Waals surface area contributed by atoms with Crippen LogP contribution in [-0.4, -0.2) is 33.1 Å². The molecule has 0 bridgehead atoms. The number of nitrogens with zero attached hydrogens (tertiary/aromatic N) is 3. The van der Waals surface area contributed by atoms with E-state index in [4.69, 9.17) is 9.26 Å². The summed E-state index contributed by atoms with van der Waals surface area (Å²) < 4.78 is 10.5. The van der Waals surface area contributed by atoms with Crippen molar-refractivity contribution in [3.63, 3.8) is 0 Å². The van der Waals surface area contributed by atoms with Gasteiger partial charge in [0.05, 0.1) is 18.1 Å². The molecule has 164 valence electrons. The number of carbonyl (C=O) groups excluding carboxylic acids is 1. The molecule has 0 fully saturated rings. The number of methoxy groups -OCH3 is 1. The Hall–Kier alpha value is -4.46. The van der Waals surface area contributed by atoms with E-state index in [1.54, 1.807) is 7.11 Å². The minimum absolute atomic E-state index is 0.138. The van der Waals surface area contributed by atoms with Crippen molar-refractivity contribution in [2.45, 2.75) is 12.8 Å². The fraction of sp³-hybridized carbons (Fsp3) is 0.120. The number of imidazole rings is 1. The van der Waals surface area contributed by atoms with Crippen LogP contribution in [0.3, 0.4) is 0 Å². The van der Waals surface area contributed by atoms with E-state index in [0.717, 1.165) is 33.7 Å². The average molecular weight is 439 g/mol. The monoisotopic (exact) mass is 439 g/mol. The Kier molecular flexibility index (Phi) is 5.55. The molecule has 1 amide bonds. The molecule has 2 heterocycles. The van der Waals surface area contributed by atoms with E-state index in [1.165, 1.54) is 0 Å². The topological polar surface area (TPSA) is 106 Å². The molecule has 5 aromatic rings. The Morgan fingerprint density at radius 2 is 1.85 bits per heavy atom. The largest absolute Gasteiger partial charge is 0.497 e. The van der Waals surface area contributed by atoms with Crippen molar-refractivity contribution in [3.05, 3.63) is 78.7 Å².